The molecule has 3 aromatic heterocycles. The van der Waals surface area contributed by atoms with Gasteiger partial charge in [-0.25, -0.2) is 9.37 Å². The number of H-pyrrole nitrogens is 1. The third-order valence-corrected chi connectivity index (χ3v) is 7.28. The van der Waals surface area contributed by atoms with E-state index in [9.17, 15) is 19.5 Å². The Morgan fingerprint density at radius 3 is 2.84 bits per heavy atom. The molecule has 11 nitrogen and oxygen atoms in total. The highest BCUT2D eigenvalue weighted by atomic mass is 35.5. The van der Waals surface area contributed by atoms with Gasteiger partial charge in [0.15, 0.2) is 12.0 Å². The molecule has 2 atom stereocenters. The molecule has 5 heterocycles. The van der Waals surface area contributed by atoms with Crippen LogP contribution in [0.2, 0.25) is 5.02 Å². The highest BCUT2D eigenvalue weighted by molar-refractivity contribution is 6.31. The summed E-state index contributed by atoms with van der Waals surface area (Å²) in [5, 5.41) is 32.0. The van der Waals surface area contributed by atoms with Crippen molar-refractivity contribution < 1.29 is 23.4 Å². The summed E-state index contributed by atoms with van der Waals surface area (Å²) in [4.78, 5) is 22.5. The minimum absolute atomic E-state index is 0.0770. The largest absolute Gasteiger partial charge is 0.618 e. The zero-order chi connectivity index (χ0) is 26.6. The van der Waals surface area contributed by atoms with E-state index in [2.05, 4.69) is 25.5 Å². The summed E-state index contributed by atoms with van der Waals surface area (Å²) in [6.45, 7) is -0.756. The number of tetrazole rings is 1. The van der Waals surface area contributed by atoms with Crippen LogP contribution >= 0.6 is 11.6 Å². The number of carbonyl (C=O) groups is 1. The van der Waals surface area contributed by atoms with Crippen LogP contribution in [0, 0.1) is 16.8 Å². The molecule has 2 aliphatic heterocycles. The topological polar surface area (TPSA) is 140 Å². The standard InChI is InChI=1S/C24H19ClF2N8O3/c25-15-2-4-17(33-11-29-31-32-33)21(23(15)27)12-7-13-1-3-18(35(13)20(37)8-12)24-28-9-16(30-24)14-5-6-34(38)19(10-36)22(14)26/h2,4-6,8-9,11,13,18,36H,1,3,7,10H2,(H,28,30)/t13-,18+/m1/s1. The van der Waals surface area contributed by atoms with E-state index in [0.717, 1.165) is 6.20 Å². The molecule has 2 N–H and O–H groups in total. The van der Waals surface area contributed by atoms with Gasteiger partial charge in [-0.05, 0) is 47.4 Å². The van der Waals surface area contributed by atoms with Gasteiger partial charge in [-0.2, -0.15) is 13.8 Å². The minimum atomic E-state index is -0.854. The lowest BCUT2D eigenvalue weighted by atomic mass is 9.92. The first-order valence-corrected chi connectivity index (χ1v) is 12.1. The third-order valence-electron chi connectivity index (χ3n) is 6.98. The Morgan fingerprint density at radius 1 is 1.24 bits per heavy atom. The Labute approximate surface area is 218 Å². The number of aromatic amines is 1. The normalized spacial score (nSPS) is 19.1. The first kappa shape index (κ1) is 24.1. The van der Waals surface area contributed by atoms with E-state index >= 15 is 4.39 Å². The number of fused-ring (bicyclic) bond motifs is 1. The van der Waals surface area contributed by atoms with Crippen LogP contribution in [0.4, 0.5) is 8.78 Å². The summed E-state index contributed by atoms with van der Waals surface area (Å²) in [5.74, 6) is -1.38. The van der Waals surface area contributed by atoms with Gasteiger partial charge in [0.25, 0.3) is 5.69 Å². The maximum Gasteiger partial charge on any atom is 0.254 e. The predicted octanol–water partition coefficient (Wildman–Crippen LogP) is 2.63. The maximum absolute atomic E-state index is 15.3. The van der Waals surface area contributed by atoms with Crippen LogP contribution in [-0.4, -0.2) is 52.1 Å². The van der Waals surface area contributed by atoms with Gasteiger partial charge in [-0.3, -0.25) is 4.79 Å². The molecule has 0 unspecified atom stereocenters. The van der Waals surface area contributed by atoms with Crippen molar-refractivity contribution >= 4 is 23.1 Å². The lowest BCUT2D eigenvalue weighted by Gasteiger charge is -2.33. The van der Waals surface area contributed by atoms with E-state index in [4.69, 9.17) is 11.6 Å². The van der Waals surface area contributed by atoms with Crippen molar-refractivity contribution in [2.24, 2.45) is 0 Å². The fourth-order valence-corrected chi connectivity index (χ4v) is 5.41. The van der Waals surface area contributed by atoms with E-state index in [-0.39, 0.29) is 32.8 Å². The molecule has 1 aromatic carbocycles. The number of nitrogens with zero attached hydrogens (tertiary/aromatic N) is 7. The summed E-state index contributed by atoms with van der Waals surface area (Å²) in [5.41, 5.74) is 0.990. The van der Waals surface area contributed by atoms with Gasteiger partial charge < -0.3 is 20.2 Å². The molecule has 1 amide bonds. The average Bonchev–Trinajstić information content (AvgIpc) is 3.67. The molecule has 2 aliphatic rings. The third kappa shape index (κ3) is 3.82. The second-order valence-corrected chi connectivity index (χ2v) is 9.44. The van der Waals surface area contributed by atoms with Crippen LogP contribution < -0.4 is 4.73 Å². The van der Waals surface area contributed by atoms with Crippen LogP contribution in [0.1, 0.15) is 42.4 Å². The van der Waals surface area contributed by atoms with E-state index in [1.165, 1.54) is 35.4 Å². The Hall–Kier alpha value is -4.23. The van der Waals surface area contributed by atoms with Crippen molar-refractivity contribution in [3.63, 3.8) is 0 Å². The van der Waals surface area contributed by atoms with Crippen molar-refractivity contribution in [1.29, 1.82) is 0 Å². The number of nitrogens with one attached hydrogen (secondary N) is 1. The van der Waals surface area contributed by atoms with Crippen LogP contribution in [0.15, 0.2) is 43.0 Å². The number of aliphatic hydroxyl groups is 1. The second-order valence-electron chi connectivity index (χ2n) is 9.03. The summed E-state index contributed by atoms with van der Waals surface area (Å²) >= 11 is 6.08. The Kier molecular flexibility index (Phi) is 5.88. The van der Waals surface area contributed by atoms with Crippen LogP contribution in [0.3, 0.4) is 0 Å². The number of carbonyl (C=O) groups excluding carboxylic acids is 1. The van der Waals surface area contributed by atoms with Gasteiger partial charge in [0.2, 0.25) is 11.7 Å². The Morgan fingerprint density at radius 2 is 2.08 bits per heavy atom. The Balaban J connectivity index is 1.32. The van der Waals surface area contributed by atoms with Gasteiger partial charge in [-0.1, -0.05) is 11.6 Å². The minimum Gasteiger partial charge on any atom is -0.618 e. The highest BCUT2D eigenvalue weighted by Crippen LogP contribution is 2.44. The van der Waals surface area contributed by atoms with Crippen LogP contribution in [0.5, 0.6) is 0 Å². The molecular weight excluding hydrogens is 522 g/mol. The number of benzene rings is 1. The highest BCUT2D eigenvalue weighted by Gasteiger charge is 2.42. The lowest BCUT2D eigenvalue weighted by Crippen LogP contribution is -2.39. The number of rotatable bonds is 5. The number of hydrogen-bond donors (Lipinski definition) is 2. The molecule has 0 aliphatic carbocycles. The van der Waals surface area contributed by atoms with Crippen molar-refractivity contribution in [3.8, 4) is 16.9 Å². The quantitative estimate of drug-likeness (QED) is 0.293. The zero-order valence-corrected chi connectivity index (χ0v) is 20.3. The fraction of sp³-hybridized carbons (Fsp3) is 0.250. The van der Waals surface area contributed by atoms with Crippen molar-refractivity contribution in [2.45, 2.75) is 38.0 Å². The second kappa shape index (κ2) is 9.26. The summed E-state index contributed by atoms with van der Waals surface area (Å²) in [7, 11) is 0. The molecule has 14 heteroatoms. The van der Waals surface area contributed by atoms with E-state index in [1.54, 1.807) is 11.0 Å². The molecule has 1 saturated heterocycles. The summed E-state index contributed by atoms with van der Waals surface area (Å²) in [6.07, 6.45) is 6.84. The number of aliphatic hydroxyl groups excluding tert-OH is 1. The van der Waals surface area contributed by atoms with Crippen molar-refractivity contribution in [2.75, 3.05) is 0 Å². The number of amides is 1. The Bertz CT molecular complexity index is 1590. The SMILES string of the molecule is O=C1C=C(c2c(-n3cnnn3)ccc(Cl)c2F)C[C@H]2CC[C@@H](c3ncc(-c4cc[n+]([O-])c(CO)c4F)[nH]3)N12. The molecule has 0 radical (unpaired) electrons. The molecule has 0 spiro atoms. The lowest BCUT2D eigenvalue weighted by molar-refractivity contribution is -0.618. The number of halogens is 3. The average molecular weight is 541 g/mol. The van der Waals surface area contributed by atoms with Crippen molar-refractivity contribution in [3.05, 3.63) is 81.9 Å². The molecule has 0 saturated carbocycles. The van der Waals surface area contributed by atoms with E-state index in [0.29, 0.717) is 42.0 Å². The van der Waals surface area contributed by atoms with E-state index in [1.807, 2.05) is 0 Å². The molecular formula is C24H19ClF2N8O3. The molecule has 4 aromatic rings. The van der Waals surface area contributed by atoms with Gasteiger partial charge >= 0.3 is 0 Å². The monoisotopic (exact) mass is 540 g/mol. The van der Waals surface area contributed by atoms with Gasteiger partial charge in [0, 0.05) is 29.3 Å². The van der Waals surface area contributed by atoms with E-state index < -0.39 is 30.0 Å². The predicted molar refractivity (Wildman–Crippen MR) is 128 cm³/mol. The molecule has 1 fully saturated rings. The maximum atomic E-state index is 15.3. The first-order chi connectivity index (χ1) is 18.4. The zero-order valence-electron chi connectivity index (χ0n) is 19.6. The number of hydrogen-bond acceptors (Lipinski definition) is 7. The van der Waals surface area contributed by atoms with Gasteiger partial charge in [-0.15, -0.1) is 5.10 Å². The summed E-state index contributed by atoms with van der Waals surface area (Å²) in [6, 6.07) is 3.66. The van der Waals surface area contributed by atoms with Crippen molar-refractivity contribution in [1.82, 2.24) is 35.1 Å². The molecule has 6 rings (SSSR count). The first-order valence-electron chi connectivity index (χ1n) is 11.7. The van der Waals surface area contributed by atoms with Crippen LogP contribution in [-0.2, 0) is 11.4 Å². The van der Waals surface area contributed by atoms with Crippen LogP contribution in [0.25, 0.3) is 22.5 Å². The summed E-state index contributed by atoms with van der Waals surface area (Å²) < 4.78 is 31.6. The van der Waals surface area contributed by atoms with Gasteiger partial charge in [0.05, 0.1) is 28.6 Å². The smallest absolute Gasteiger partial charge is 0.254 e. The number of pyridine rings is 1. The fourth-order valence-electron chi connectivity index (χ4n) is 5.25. The molecule has 0 bridgehead atoms. The molecule has 194 valence electrons. The number of aromatic nitrogens is 7. The molecule has 38 heavy (non-hydrogen) atoms. The van der Waals surface area contributed by atoms with Gasteiger partial charge in [0.1, 0.15) is 18.8 Å². The number of imidazole rings is 1.